The molecule has 0 spiro atoms. The fourth-order valence-corrected chi connectivity index (χ4v) is 5.81. The quantitative estimate of drug-likeness (QED) is 0.439. The SMILES string of the molecule is Nc1nc(/C(=C/c2c(Cl)cccc2Cl)C(=O)NC2C(=O)N3C(C(=O)O)CSC23)cs1. The molecule has 1 aromatic carbocycles. The van der Waals surface area contributed by atoms with Gasteiger partial charge in [0, 0.05) is 26.7 Å². The van der Waals surface area contributed by atoms with Crippen molar-refractivity contribution in [3.63, 3.8) is 0 Å². The van der Waals surface area contributed by atoms with Crippen LogP contribution in [0, 0.1) is 0 Å². The molecule has 2 aromatic rings. The highest BCUT2D eigenvalue weighted by atomic mass is 35.5. The van der Waals surface area contributed by atoms with Gasteiger partial charge in [-0.3, -0.25) is 9.59 Å². The van der Waals surface area contributed by atoms with E-state index in [1.54, 1.807) is 23.6 Å². The second-order valence-corrected chi connectivity index (χ2v) is 9.39. The Labute approximate surface area is 189 Å². The number of carboxylic acids is 1. The van der Waals surface area contributed by atoms with Crippen molar-refractivity contribution >= 4 is 80.9 Å². The molecule has 0 bridgehead atoms. The minimum Gasteiger partial charge on any atom is -0.480 e. The van der Waals surface area contributed by atoms with E-state index in [1.165, 1.54) is 22.7 Å². The van der Waals surface area contributed by atoms with Gasteiger partial charge in [0.1, 0.15) is 17.5 Å². The number of carbonyl (C=O) groups is 3. The van der Waals surface area contributed by atoms with Crippen molar-refractivity contribution in [2.24, 2.45) is 0 Å². The zero-order valence-corrected chi connectivity index (χ0v) is 18.2. The number of aromatic nitrogens is 1. The van der Waals surface area contributed by atoms with Gasteiger partial charge in [0.2, 0.25) is 5.91 Å². The number of thioether (sulfide) groups is 1. The van der Waals surface area contributed by atoms with Crippen LogP contribution in [0.4, 0.5) is 5.13 Å². The number of carboxylic acid groups (broad SMARTS) is 1. The highest BCUT2D eigenvalue weighted by Gasteiger charge is 2.57. The van der Waals surface area contributed by atoms with E-state index in [0.29, 0.717) is 21.3 Å². The van der Waals surface area contributed by atoms with E-state index in [4.69, 9.17) is 28.9 Å². The first-order valence-electron chi connectivity index (χ1n) is 8.62. The summed E-state index contributed by atoms with van der Waals surface area (Å²) in [4.78, 5) is 42.3. The molecule has 0 radical (unpaired) electrons. The van der Waals surface area contributed by atoms with Crippen LogP contribution in [0.5, 0.6) is 0 Å². The van der Waals surface area contributed by atoms with Crippen molar-refractivity contribution in [1.29, 1.82) is 0 Å². The number of aliphatic carboxylic acids is 1. The third-order valence-electron chi connectivity index (χ3n) is 4.74. The molecule has 3 unspecified atom stereocenters. The van der Waals surface area contributed by atoms with Gasteiger partial charge in [0.25, 0.3) is 5.91 Å². The van der Waals surface area contributed by atoms with Gasteiger partial charge >= 0.3 is 5.97 Å². The highest BCUT2D eigenvalue weighted by Crippen LogP contribution is 2.40. The zero-order valence-electron chi connectivity index (χ0n) is 15.0. The summed E-state index contributed by atoms with van der Waals surface area (Å²) in [6.45, 7) is 0. The number of carbonyl (C=O) groups excluding carboxylic acids is 2. The van der Waals surface area contributed by atoms with E-state index in [1.807, 2.05) is 0 Å². The minimum atomic E-state index is -1.06. The minimum absolute atomic E-state index is 0.141. The Bertz CT molecular complexity index is 1070. The molecular weight excluding hydrogens is 471 g/mol. The number of nitrogens with zero attached hydrogens (tertiary/aromatic N) is 2. The Kier molecular flexibility index (Phi) is 5.67. The van der Waals surface area contributed by atoms with Crippen LogP contribution >= 0.6 is 46.3 Å². The Morgan fingerprint density at radius 2 is 2.03 bits per heavy atom. The smallest absolute Gasteiger partial charge is 0.327 e. The van der Waals surface area contributed by atoms with Crippen molar-refractivity contribution in [3.05, 3.63) is 44.9 Å². The van der Waals surface area contributed by atoms with E-state index in [0.717, 1.165) is 11.3 Å². The van der Waals surface area contributed by atoms with Crippen LogP contribution < -0.4 is 11.1 Å². The molecule has 2 fully saturated rings. The van der Waals surface area contributed by atoms with Gasteiger partial charge in [-0.05, 0) is 18.2 Å². The fraction of sp³-hybridized carbons (Fsp3) is 0.222. The van der Waals surface area contributed by atoms with Gasteiger partial charge in [-0.2, -0.15) is 0 Å². The number of hydrogen-bond acceptors (Lipinski definition) is 7. The predicted octanol–water partition coefficient (Wildman–Crippen LogP) is 2.43. The monoisotopic (exact) mass is 484 g/mol. The number of halogens is 2. The molecule has 1 aromatic heterocycles. The first-order chi connectivity index (χ1) is 14.3. The summed E-state index contributed by atoms with van der Waals surface area (Å²) in [6, 6.07) is 3.25. The number of rotatable bonds is 5. The van der Waals surface area contributed by atoms with E-state index >= 15 is 0 Å². The second-order valence-electron chi connectivity index (χ2n) is 6.54. The molecule has 0 aliphatic carbocycles. The molecule has 2 aliphatic heterocycles. The number of nitrogens with two attached hydrogens (primary N) is 1. The third-order valence-corrected chi connectivity index (χ3v) is 7.43. The van der Waals surface area contributed by atoms with Gasteiger partial charge in [0.05, 0.1) is 11.3 Å². The lowest BCUT2D eigenvalue weighted by molar-refractivity contribution is -0.158. The van der Waals surface area contributed by atoms with Crippen LogP contribution in [0.25, 0.3) is 11.6 Å². The van der Waals surface area contributed by atoms with Crippen molar-refractivity contribution in [2.45, 2.75) is 17.5 Å². The van der Waals surface area contributed by atoms with Crippen LogP contribution in [-0.2, 0) is 14.4 Å². The number of β-lactam (4-membered cyclic amide) rings is 1. The number of fused-ring (bicyclic) bond motifs is 1. The van der Waals surface area contributed by atoms with Crippen LogP contribution in [-0.4, -0.2) is 56.0 Å². The van der Waals surface area contributed by atoms with E-state index in [9.17, 15) is 19.5 Å². The largest absolute Gasteiger partial charge is 0.480 e. The lowest BCUT2D eigenvalue weighted by atomic mass is 10.0. The number of nitrogen functional groups attached to an aromatic ring is 1. The maximum atomic E-state index is 13.1. The normalized spacial score (nSPS) is 23.1. The number of benzene rings is 1. The maximum Gasteiger partial charge on any atom is 0.327 e. The number of amides is 2. The van der Waals surface area contributed by atoms with Gasteiger partial charge < -0.3 is 21.1 Å². The van der Waals surface area contributed by atoms with Crippen molar-refractivity contribution in [3.8, 4) is 0 Å². The van der Waals surface area contributed by atoms with Gasteiger partial charge in [-0.25, -0.2) is 9.78 Å². The molecule has 0 saturated carbocycles. The Morgan fingerprint density at radius 3 is 2.63 bits per heavy atom. The molecule has 3 atom stereocenters. The molecule has 3 heterocycles. The second kappa shape index (κ2) is 8.10. The van der Waals surface area contributed by atoms with Crippen LogP contribution in [0.3, 0.4) is 0 Å². The summed E-state index contributed by atoms with van der Waals surface area (Å²) in [5, 5.41) is 14.1. The van der Waals surface area contributed by atoms with Crippen LogP contribution in [0.2, 0.25) is 10.0 Å². The summed E-state index contributed by atoms with van der Waals surface area (Å²) in [6.07, 6.45) is 1.50. The molecule has 156 valence electrons. The molecule has 2 amide bonds. The predicted molar refractivity (Wildman–Crippen MR) is 117 cm³/mol. The summed E-state index contributed by atoms with van der Waals surface area (Å²) in [7, 11) is 0. The maximum absolute atomic E-state index is 13.1. The van der Waals surface area contributed by atoms with Gasteiger partial charge in [-0.1, -0.05) is 29.3 Å². The third kappa shape index (κ3) is 3.64. The van der Waals surface area contributed by atoms with E-state index in [2.05, 4.69) is 10.3 Å². The van der Waals surface area contributed by atoms with Crippen LogP contribution in [0.15, 0.2) is 23.6 Å². The number of anilines is 1. The topological polar surface area (TPSA) is 126 Å². The summed E-state index contributed by atoms with van der Waals surface area (Å²) >= 11 is 14.9. The van der Waals surface area contributed by atoms with E-state index in [-0.39, 0.29) is 16.5 Å². The van der Waals surface area contributed by atoms with Gasteiger partial charge in [0.15, 0.2) is 5.13 Å². The molecular formula is C18H14Cl2N4O4S2. The van der Waals surface area contributed by atoms with E-state index < -0.39 is 35.2 Å². The fourth-order valence-electron chi connectivity index (χ4n) is 3.27. The first kappa shape index (κ1) is 21.0. The van der Waals surface area contributed by atoms with Crippen molar-refractivity contribution in [1.82, 2.24) is 15.2 Å². The molecule has 8 nitrogen and oxygen atoms in total. The van der Waals surface area contributed by atoms with Gasteiger partial charge in [-0.15, -0.1) is 23.1 Å². The summed E-state index contributed by atoms with van der Waals surface area (Å²) < 4.78 is 0. The van der Waals surface area contributed by atoms with Crippen LogP contribution in [0.1, 0.15) is 11.3 Å². The standard InChI is InChI=1S/C18H14Cl2N4O4S2/c19-9-2-1-3-10(20)7(9)4-8(11-5-30-18(21)22-11)14(25)23-13-15(26)24-12(17(27)28)6-29-16(13)24/h1-5,12-13,16H,6H2,(H2,21,22)(H,23,25)(H,27,28)/b8-4-. The summed E-state index contributed by atoms with van der Waals surface area (Å²) in [5.41, 5.74) is 6.61. The molecule has 4 rings (SSSR count). The lowest BCUT2D eigenvalue weighted by Gasteiger charge is -2.43. The Hall–Kier alpha value is -2.27. The average molecular weight is 485 g/mol. The molecule has 30 heavy (non-hydrogen) atoms. The molecule has 2 aliphatic rings. The number of thiazole rings is 1. The van der Waals surface area contributed by atoms with Crippen molar-refractivity contribution in [2.75, 3.05) is 11.5 Å². The number of nitrogens with one attached hydrogen (secondary N) is 1. The number of hydrogen-bond donors (Lipinski definition) is 3. The van der Waals surface area contributed by atoms with Crippen molar-refractivity contribution < 1.29 is 19.5 Å². The average Bonchev–Trinajstić information content (AvgIpc) is 3.30. The molecule has 2 saturated heterocycles. The Balaban J connectivity index is 1.63. The Morgan fingerprint density at radius 1 is 1.33 bits per heavy atom. The molecule has 12 heteroatoms. The molecule has 4 N–H and O–H groups in total. The highest BCUT2D eigenvalue weighted by molar-refractivity contribution is 8.00. The first-order valence-corrected chi connectivity index (χ1v) is 11.3. The zero-order chi connectivity index (χ0) is 21.6. The summed E-state index contributed by atoms with van der Waals surface area (Å²) in [5.74, 6) is -1.78. The lowest BCUT2D eigenvalue weighted by Crippen LogP contribution is -2.70.